The minimum Gasteiger partial charge on any atom is -0.488 e. The summed E-state index contributed by atoms with van der Waals surface area (Å²) in [7, 11) is 0. The smallest absolute Gasteiger partial charge is 0.270 e. The summed E-state index contributed by atoms with van der Waals surface area (Å²) < 4.78 is 6.45. The summed E-state index contributed by atoms with van der Waals surface area (Å²) in [6, 6.07) is 22.1. The van der Waals surface area contributed by atoms with Gasteiger partial charge in [-0.15, -0.1) is 0 Å². The number of hydrogen-bond acceptors (Lipinski definition) is 4. The van der Waals surface area contributed by atoms with Crippen molar-refractivity contribution in [1.82, 2.24) is 0 Å². The number of benzene rings is 3. The molecule has 1 aliphatic heterocycles. The fourth-order valence-corrected chi connectivity index (χ4v) is 4.61. The highest BCUT2D eigenvalue weighted by Gasteiger charge is 2.33. The van der Waals surface area contributed by atoms with Crippen LogP contribution in [-0.4, -0.2) is 10.2 Å². The molecule has 0 aromatic heterocycles. The Bertz CT molecular complexity index is 1160. The summed E-state index contributed by atoms with van der Waals surface area (Å²) in [6.07, 6.45) is 1.80. The zero-order valence-electron chi connectivity index (χ0n) is 15.5. The SMILES string of the molecule is O=C1C(=Cc2ccccc2OCc2ccccc2Cl)SC(=S)N1c1cccc(Cl)c1. The Hall–Kier alpha value is -2.31. The number of nitrogens with zero attached hydrogens (tertiary/aromatic N) is 1. The molecule has 7 heteroatoms. The standard InChI is InChI=1S/C23H15Cl2NO2S2/c24-17-8-5-9-18(13-17)26-22(27)21(30-23(26)29)12-15-6-2-4-11-20(15)28-14-16-7-1-3-10-19(16)25/h1-13H,14H2. The van der Waals surface area contributed by atoms with E-state index in [1.165, 1.54) is 16.7 Å². The fourth-order valence-electron chi connectivity index (χ4n) is 2.95. The van der Waals surface area contributed by atoms with Crippen LogP contribution in [0.5, 0.6) is 5.75 Å². The number of ether oxygens (including phenoxy) is 1. The van der Waals surface area contributed by atoms with Gasteiger partial charge in [-0.3, -0.25) is 9.69 Å². The van der Waals surface area contributed by atoms with Crippen LogP contribution in [0.25, 0.3) is 6.08 Å². The molecule has 0 aliphatic carbocycles. The number of para-hydroxylation sites is 1. The minimum absolute atomic E-state index is 0.187. The number of anilines is 1. The molecule has 1 aliphatic rings. The summed E-state index contributed by atoms with van der Waals surface area (Å²) in [4.78, 5) is 15.0. The summed E-state index contributed by atoms with van der Waals surface area (Å²) >= 11 is 19.0. The lowest BCUT2D eigenvalue weighted by atomic mass is 10.1. The van der Waals surface area contributed by atoms with Gasteiger partial charge in [0, 0.05) is 21.2 Å². The van der Waals surface area contributed by atoms with Crippen LogP contribution in [0.1, 0.15) is 11.1 Å². The maximum absolute atomic E-state index is 13.0. The van der Waals surface area contributed by atoms with E-state index in [2.05, 4.69) is 0 Å². The number of halogens is 2. The number of thiocarbonyl (C=S) groups is 1. The Morgan fingerprint density at radius 1 is 1.00 bits per heavy atom. The fraction of sp³-hybridized carbons (Fsp3) is 0.0435. The monoisotopic (exact) mass is 471 g/mol. The molecule has 1 saturated heterocycles. The van der Waals surface area contributed by atoms with Gasteiger partial charge in [0.15, 0.2) is 4.32 Å². The van der Waals surface area contributed by atoms with Crippen molar-refractivity contribution in [3.05, 3.63) is 98.9 Å². The molecule has 30 heavy (non-hydrogen) atoms. The zero-order chi connectivity index (χ0) is 21.1. The molecule has 3 nitrogen and oxygen atoms in total. The highest BCUT2D eigenvalue weighted by molar-refractivity contribution is 8.27. The summed E-state index contributed by atoms with van der Waals surface area (Å²) in [5, 5.41) is 1.20. The number of thioether (sulfide) groups is 1. The van der Waals surface area contributed by atoms with E-state index >= 15 is 0 Å². The Labute approximate surface area is 194 Å². The van der Waals surface area contributed by atoms with E-state index in [1.807, 2.05) is 48.5 Å². The van der Waals surface area contributed by atoms with Crippen molar-refractivity contribution in [3.8, 4) is 5.75 Å². The van der Waals surface area contributed by atoms with Gasteiger partial charge in [-0.2, -0.15) is 0 Å². The predicted octanol–water partition coefficient (Wildman–Crippen LogP) is 6.98. The third-order valence-electron chi connectivity index (χ3n) is 4.41. The molecule has 3 aromatic carbocycles. The van der Waals surface area contributed by atoms with Gasteiger partial charge >= 0.3 is 0 Å². The van der Waals surface area contributed by atoms with Gasteiger partial charge in [0.2, 0.25) is 0 Å². The van der Waals surface area contributed by atoms with Crippen molar-refractivity contribution in [2.45, 2.75) is 6.61 Å². The first-order valence-corrected chi connectivity index (χ1v) is 11.0. The molecule has 0 saturated carbocycles. The number of carbonyl (C=O) groups excluding carboxylic acids is 1. The number of hydrogen-bond donors (Lipinski definition) is 0. The van der Waals surface area contributed by atoms with Crippen molar-refractivity contribution in [2.24, 2.45) is 0 Å². The van der Waals surface area contributed by atoms with Crippen molar-refractivity contribution >= 4 is 69.2 Å². The largest absolute Gasteiger partial charge is 0.488 e. The highest BCUT2D eigenvalue weighted by Crippen LogP contribution is 2.37. The lowest BCUT2D eigenvalue weighted by Gasteiger charge is -2.14. The molecule has 0 atom stereocenters. The number of carbonyl (C=O) groups is 1. The lowest BCUT2D eigenvalue weighted by molar-refractivity contribution is -0.113. The van der Waals surface area contributed by atoms with Gasteiger partial charge in [0.05, 0.1) is 10.6 Å². The molecule has 3 aromatic rings. The van der Waals surface area contributed by atoms with Crippen molar-refractivity contribution in [3.63, 3.8) is 0 Å². The normalized spacial score (nSPS) is 15.1. The van der Waals surface area contributed by atoms with Gasteiger partial charge in [0.25, 0.3) is 5.91 Å². The first-order chi connectivity index (χ1) is 14.5. The summed E-state index contributed by atoms with van der Waals surface area (Å²) in [5.74, 6) is 0.471. The van der Waals surface area contributed by atoms with Gasteiger partial charge < -0.3 is 4.74 Å². The highest BCUT2D eigenvalue weighted by atomic mass is 35.5. The Morgan fingerprint density at radius 3 is 2.57 bits per heavy atom. The second-order valence-corrected chi connectivity index (χ2v) is 8.93. The van der Waals surface area contributed by atoms with Gasteiger partial charge in [-0.1, -0.05) is 89.6 Å². The molecular formula is C23H15Cl2NO2S2. The lowest BCUT2D eigenvalue weighted by Crippen LogP contribution is -2.27. The quantitative estimate of drug-likeness (QED) is 0.296. The second-order valence-electron chi connectivity index (χ2n) is 6.41. The summed E-state index contributed by atoms with van der Waals surface area (Å²) in [5.41, 5.74) is 2.33. The Morgan fingerprint density at radius 2 is 1.77 bits per heavy atom. The van der Waals surface area contributed by atoms with E-state index in [1.54, 1.807) is 30.3 Å². The molecule has 1 fully saturated rings. The molecule has 0 N–H and O–H groups in total. The van der Waals surface area contributed by atoms with Crippen molar-refractivity contribution in [2.75, 3.05) is 4.90 Å². The van der Waals surface area contributed by atoms with Gasteiger partial charge in [0.1, 0.15) is 12.4 Å². The van der Waals surface area contributed by atoms with Crippen LogP contribution < -0.4 is 9.64 Å². The molecular weight excluding hydrogens is 457 g/mol. The van der Waals surface area contributed by atoms with E-state index in [0.717, 1.165) is 11.1 Å². The maximum atomic E-state index is 13.0. The van der Waals surface area contributed by atoms with Crippen LogP contribution in [0.15, 0.2) is 77.7 Å². The van der Waals surface area contributed by atoms with E-state index < -0.39 is 0 Å². The van der Waals surface area contributed by atoms with Crippen LogP contribution in [-0.2, 0) is 11.4 Å². The van der Waals surface area contributed by atoms with Crippen molar-refractivity contribution in [1.29, 1.82) is 0 Å². The third-order valence-corrected chi connectivity index (χ3v) is 6.31. The predicted molar refractivity (Wildman–Crippen MR) is 129 cm³/mol. The third kappa shape index (κ3) is 4.55. The van der Waals surface area contributed by atoms with Crippen molar-refractivity contribution < 1.29 is 9.53 Å². The zero-order valence-corrected chi connectivity index (χ0v) is 18.7. The van der Waals surface area contributed by atoms with Crippen LogP contribution in [0.3, 0.4) is 0 Å². The molecule has 1 amide bonds. The van der Waals surface area contributed by atoms with Gasteiger partial charge in [-0.25, -0.2) is 0 Å². The minimum atomic E-state index is -0.187. The topological polar surface area (TPSA) is 29.5 Å². The molecule has 1 heterocycles. The molecule has 0 spiro atoms. The van der Waals surface area contributed by atoms with Gasteiger partial charge in [-0.05, 0) is 36.4 Å². The molecule has 0 radical (unpaired) electrons. The molecule has 0 bridgehead atoms. The van der Waals surface area contributed by atoms with E-state index in [-0.39, 0.29) is 5.91 Å². The van der Waals surface area contributed by atoms with Crippen LogP contribution in [0.4, 0.5) is 5.69 Å². The van der Waals surface area contributed by atoms with Crippen LogP contribution in [0.2, 0.25) is 10.0 Å². The first kappa shape index (κ1) is 20.9. The second kappa shape index (κ2) is 9.23. The number of rotatable bonds is 5. The van der Waals surface area contributed by atoms with Crippen LogP contribution >= 0.6 is 47.2 Å². The summed E-state index contributed by atoms with van der Waals surface area (Å²) in [6.45, 7) is 0.327. The van der Waals surface area contributed by atoms with E-state index in [4.69, 9.17) is 40.2 Å². The van der Waals surface area contributed by atoms with Crippen LogP contribution in [0, 0.1) is 0 Å². The molecule has 4 rings (SSSR count). The Kier molecular flexibility index (Phi) is 6.44. The van der Waals surface area contributed by atoms with E-state index in [9.17, 15) is 4.79 Å². The first-order valence-electron chi connectivity index (χ1n) is 9.02. The molecule has 0 unspecified atom stereocenters. The maximum Gasteiger partial charge on any atom is 0.270 e. The Balaban J connectivity index is 1.59. The number of amides is 1. The average molecular weight is 472 g/mol. The van der Waals surface area contributed by atoms with E-state index in [0.29, 0.717) is 37.3 Å². The molecule has 150 valence electrons. The average Bonchev–Trinajstić information content (AvgIpc) is 3.01.